The van der Waals surface area contributed by atoms with E-state index in [4.69, 9.17) is 14.2 Å². The molecule has 0 aliphatic rings. The summed E-state index contributed by atoms with van der Waals surface area (Å²) < 4.78 is 19.1. The summed E-state index contributed by atoms with van der Waals surface area (Å²) in [5, 5.41) is 0. The molecule has 0 aliphatic heterocycles. The zero-order valence-corrected chi connectivity index (χ0v) is 12.7. The van der Waals surface area contributed by atoms with Crippen LogP contribution in [-0.2, 0) is 19.0 Å². The average molecular weight is 310 g/mol. The second kappa shape index (κ2) is 8.66. The third-order valence-electron chi connectivity index (χ3n) is 2.50. The van der Waals surface area contributed by atoms with E-state index in [-0.39, 0.29) is 36.4 Å². The van der Waals surface area contributed by atoms with Gasteiger partial charge in [-0.25, -0.2) is 9.59 Å². The summed E-state index contributed by atoms with van der Waals surface area (Å²) in [4.78, 5) is 34.2. The minimum absolute atomic E-state index is 0.0264. The molecular formula is C15H18O7. The SMILES string of the molecule is COC(=O)c1ccccc1OC(=O)OCCOC(=O)C(C)C. The fourth-order valence-electron chi connectivity index (χ4n) is 1.39. The van der Waals surface area contributed by atoms with Crippen LogP contribution in [0.1, 0.15) is 24.2 Å². The first-order valence-corrected chi connectivity index (χ1v) is 6.64. The number of esters is 2. The van der Waals surface area contributed by atoms with E-state index in [1.54, 1.807) is 26.0 Å². The predicted octanol–water partition coefficient (Wildman–Crippen LogP) is 2.19. The summed E-state index contributed by atoms with van der Waals surface area (Å²) in [7, 11) is 1.22. The van der Waals surface area contributed by atoms with Gasteiger partial charge in [0.1, 0.15) is 24.5 Å². The molecule has 120 valence electrons. The molecule has 1 rings (SSSR count). The normalized spacial score (nSPS) is 10.0. The summed E-state index contributed by atoms with van der Waals surface area (Å²) in [6.07, 6.45) is -1.00. The van der Waals surface area contributed by atoms with Crippen molar-refractivity contribution in [2.75, 3.05) is 20.3 Å². The van der Waals surface area contributed by atoms with E-state index in [2.05, 4.69) is 4.74 Å². The molecule has 1 aromatic carbocycles. The van der Waals surface area contributed by atoms with Gasteiger partial charge in [-0.1, -0.05) is 26.0 Å². The summed E-state index contributed by atoms with van der Waals surface area (Å²) in [5.74, 6) is -1.24. The van der Waals surface area contributed by atoms with Crippen LogP contribution in [0.4, 0.5) is 4.79 Å². The van der Waals surface area contributed by atoms with E-state index in [9.17, 15) is 14.4 Å². The Hall–Kier alpha value is -2.57. The number of para-hydroxylation sites is 1. The average Bonchev–Trinajstić information content (AvgIpc) is 2.51. The number of ether oxygens (including phenoxy) is 4. The number of methoxy groups -OCH3 is 1. The van der Waals surface area contributed by atoms with Gasteiger partial charge in [-0.2, -0.15) is 0 Å². The van der Waals surface area contributed by atoms with Gasteiger partial charge in [0, 0.05) is 0 Å². The highest BCUT2D eigenvalue weighted by atomic mass is 16.7. The fourth-order valence-corrected chi connectivity index (χ4v) is 1.39. The van der Waals surface area contributed by atoms with Crippen LogP contribution >= 0.6 is 0 Å². The van der Waals surface area contributed by atoms with E-state index in [1.165, 1.54) is 19.2 Å². The van der Waals surface area contributed by atoms with Crippen molar-refractivity contribution in [2.24, 2.45) is 5.92 Å². The van der Waals surface area contributed by atoms with E-state index in [0.29, 0.717) is 0 Å². The topological polar surface area (TPSA) is 88.1 Å². The van der Waals surface area contributed by atoms with Gasteiger partial charge in [0.25, 0.3) is 0 Å². The first-order valence-electron chi connectivity index (χ1n) is 6.64. The smallest absolute Gasteiger partial charge is 0.465 e. The molecule has 0 N–H and O–H groups in total. The Balaban J connectivity index is 2.46. The molecule has 0 spiro atoms. The van der Waals surface area contributed by atoms with Gasteiger partial charge in [-0.15, -0.1) is 0 Å². The maximum absolute atomic E-state index is 11.5. The van der Waals surface area contributed by atoms with Crippen molar-refractivity contribution < 1.29 is 33.3 Å². The highest BCUT2D eigenvalue weighted by Crippen LogP contribution is 2.19. The molecule has 0 radical (unpaired) electrons. The largest absolute Gasteiger partial charge is 0.513 e. The summed E-state index contributed by atoms with van der Waals surface area (Å²) in [6, 6.07) is 6.10. The lowest BCUT2D eigenvalue weighted by molar-refractivity contribution is -0.148. The van der Waals surface area contributed by atoms with Gasteiger partial charge in [0.15, 0.2) is 0 Å². The van der Waals surface area contributed by atoms with E-state index in [1.807, 2.05) is 0 Å². The van der Waals surface area contributed by atoms with Gasteiger partial charge in [-0.05, 0) is 12.1 Å². The van der Waals surface area contributed by atoms with Crippen molar-refractivity contribution in [1.29, 1.82) is 0 Å². The fraction of sp³-hybridized carbons (Fsp3) is 0.400. The lowest BCUT2D eigenvalue weighted by Crippen LogP contribution is -2.19. The second-order valence-electron chi connectivity index (χ2n) is 4.51. The Morgan fingerprint density at radius 3 is 2.32 bits per heavy atom. The first kappa shape index (κ1) is 17.5. The summed E-state index contributed by atoms with van der Waals surface area (Å²) in [6.45, 7) is 3.19. The lowest BCUT2D eigenvalue weighted by atomic mass is 10.2. The molecule has 0 heterocycles. The van der Waals surface area contributed by atoms with Gasteiger partial charge in [0.05, 0.1) is 13.0 Å². The van der Waals surface area contributed by atoms with Gasteiger partial charge >= 0.3 is 18.1 Å². The monoisotopic (exact) mass is 310 g/mol. The molecule has 7 nitrogen and oxygen atoms in total. The van der Waals surface area contributed by atoms with Crippen LogP contribution in [0.2, 0.25) is 0 Å². The molecule has 0 aliphatic carbocycles. The molecule has 22 heavy (non-hydrogen) atoms. The minimum atomic E-state index is -1.00. The van der Waals surface area contributed by atoms with Crippen LogP contribution < -0.4 is 4.74 Å². The van der Waals surface area contributed by atoms with Crippen LogP contribution in [-0.4, -0.2) is 38.4 Å². The second-order valence-corrected chi connectivity index (χ2v) is 4.51. The van der Waals surface area contributed by atoms with Crippen molar-refractivity contribution in [1.82, 2.24) is 0 Å². The molecule has 0 atom stereocenters. The van der Waals surface area contributed by atoms with Crippen LogP contribution in [0.15, 0.2) is 24.3 Å². The Morgan fingerprint density at radius 1 is 1.05 bits per heavy atom. The van der Waals surface area contributed by atoms with E-state index >= 15 is 0 Å². The van der Waals surface area contributed by atoms with Crippen molar-refractivity contribution in [2.45, 2.75) is 13.8 Å². The van der Waals surface area contributed by atoms with Gasteiger partial charge in [0.2, 0.25) is 0 Å². The molecule has 0 saturated carbocycles. The maximum Gasteiger partial charge on any atom is 0.513 e. The summed E-state index contributed by atoms with van der Waals surface area (Å²) >= 11 is 0. The number of rotatable bonds is 6. The molecule has 0 bridgehead atoms. The molecule has 0 saturated heterocycles. The highest BCUT2D eigenvalue weighted by molar-refractivity contribution is 5.93. The Labute approximate surface area is 128 Å². The quantitative estimate of drug-likeness (QED) is 0.344. The first-order chi connectivity index (χ1) is 10.5. The Morgan fingerprint density at radius 2 is 1.68 bits per heavy atom. The number of hydrogen-bond acceptors (Lipinski definition) is 7. The van der Waals surface area contributed by atoms with Crippen LogP contribution in [0.25, 0.3) is 0 Å². The molecule has 0 unspecified atom stereocenters. The standard InChI is InChI=1S/C15H18O7/c1-10(2)13(16)20-8-9-21-15(18)22-12-7-5-4-6-11(12)14(17)19-3/h4-7,10H,8-9H2,1-3H3. The van der Waals surface area contributed by atoms with Crippen molar-refractivity contribution in [3.63, 3.8) is 0 Å². The predicted molar refractivity (Wildman–Crippen MR) is 75.6 cm³/mol. The van der Waals surface area contributed by atoms with Gasteiger partial charge in [-0.3, -0.25) is 4.79 Å². The Kier molecular flexibility index (Phi) is 6.88. The third kappa shape index (κ3) is 5.43. The number of hydrogen-bond donors (Lipinski definition) is 0. The lowest BCUT2D eigenvalue weighted by Gasteiger charge is -2.10. The molecular weight excluding hydrogens is 292 g/mol. The molecule has 0 fully saturated rings. The molecule has 1 aromatic rings. The third-order valence-corrected chi connectivity index (χ3v) is 2.50. The van der Waals surface area contributed by atoms with Gasteiger partial charge < -0.3 is 18.9 Å². The number of benzene rings is 1. The van der Waals surface area contributed by atoms with Crippen LogP contribution in [0.3, 0.4) is 0 Å². The molecule has 0 aromatic heterocycles. The number of carbonyl (C=O) groups is 3. The van der Waals surface area contributed by atoms with Crippen molar-refractivity contribution in [3.05, 3.63) is 29.8 Å². The van der Waals surface area contributed by atoms with E-state index < -0.39 is 12.1 Å². The zero-order valence-electron chi connectivity index (χ0n) is 12.7. The van der Waals surface area contributed by atoms with Crippen molar-refractivity contribution in [3.8, 4) is 5.75 Å². The zero-order chi connectivity index (χ0) is 16.5. The van der Waals surface area contributed by atoms with E-state index in [0.717, 1.165) is 0 Å². The number of carbonyl (C=O) groups excluding carboxylic acids is 3. The molecule has 0 amide bonds. The van der Waals surface area contributed by atoms with Crippen molar-refractivity contribution >= 4 is 18.1 Å². The van der Waals surface area contributed by atoms with Crippen LogP contribution in [0.5, 0.6) is 5.75 Å². The minimum Gasteiger partial charge on any atom is -0.465 e. The van der Waals surface area contributed by atoms with Crippen LogP contribution in [0, 0.1) is 5.92 Å². The molecule has 7 heteroatoms. The highest BCUT2D eigenvalue weighted by Gasteiger charge is 2.16. The summed E-state index contributed by atoms with van der Waals surface area (Å²) in [5.41, 5.74) is 0.105. The maximum atomic E-state index is 11.5. The Bertz CT molecular complexity index is 536.